The minimum atomic E-state index is 0.479. The zero-order chi connectivity index (χ0) is 10.3. The molecule has 1 nitrogen and oxygen atoms in total. The van der Waals surface area contributed by atoms with Crippen LogP contribution in [0.1, 0.15) is 25.0 Å². The Morgan fingerprint density at radius 3 is 2.46 bits per heavy atom. The highest BCUT2D eigenvalue weighted by Crippen LogP contribution is 2.19. The van der Waals surface area contributed by atoms with Crippen LogP contribution in [0.25, 0.3) is 0 Å². The van der Waals surface area contributed by atoms with E-state index in [0.717, 1.165) is 10.0 Å². The molecule has 70 valence electrons. The van der Waals surface area contributed by atoms with E-state index in [9.17, 15) is 0 Å². The quantitative estimate of drug-likeness (QED) is 0.731. The molecule has 0 unspecified atom stereocenters. The summed E-state index contributed by atoms with van der Waals surface area (Å²) in [6.45, 7) is 6.01. The molecule has 0 aliphatic rings. The first-order valence-electron chi connectivity index (χ1n) is 4.36. The highest BCUT2D eigenvalue weighted by molar-refractivity contribution is 9.10. The van der Waals surface area contributed by atoms with Crippen molar-refractivity contribution in [2.45, 2.75) is 27.2 Å². The van der Waals surface area contributed by atoms with Gasteiger partial charge in [0.05, 0.1) is 12.5 Å². The highest BCUT2D eigenvalue weighted by atomic mass is 79.9. The molecule has 1 rings (SSSR count). The van der Waals surface area contributed by atoms with E-state index in [1.165, 1.54) is 5.56 Å². The van der Waals surface area contributed by atoms with Gasteiger partial charge in [-0.1, -0.05) is 41.9 Å². The van der Waals surface area contributed by atoms with Crippen molar-refractivity contribution in [1.82, 2.24) is 0 Å². The van der Waals surface area contributed by atoms with E-state index < -0.39 is 0 Å². The predicted octanol–water partition coefficient (Wildman–Crippen LogP) is 3.85. The molecule has 13 heavy (non-hydrogen) atoms. The van der Waals surface area contributed by atoms with E-state index in [0.29, 0.717) is 6.42 Å². The molecule has 0 saturated heterocycles. The number of aryl methyl sites for hydroxylation is 1. The maximum Gasteiger partial charge on any atom is 0.0670 e. The number of rotatable bonds is 1. The van der Waals surface area contributed by atoms with Crippen LogP contribution in [0.5, 0.6) is 0 Å². The molecule has 0 fully saturated rings. The molecule has 0 spiro atoms. The van der Waals surface area contributed by atoms with Crippen molar-refractivity contribution in [1.29, 1.82) is 5.26 Å². The van der Waals surface area contributed by atoms with E-state index >= 15 is 0 Å². The smallest absolute Gasteiger partial charge is 0.0670 e. The van der Waals surface area contributed by atoms with E-state index in [2.05, 4.69) is 22.0 Å². The van der Waals surface area contributed by atoms with Crippen LogP contribution in [-0.4, -0.2) is 0 Å². The summed E-state index contributed by atoms with van der Waals surface area (Å²) in [6, 6.07) is 8.08. The number of nitrogens with zero attached hydrogens (tertiary/aromatic N) is 1. The van der Waals surface area contributed by atoms with Gasteiger partial charge in [0, 0.05) is 4.47 Å². The molecule has 0 N–H and O–H groups in total. The van der Waals surface area contributed by atoms with Crippen LogP contribution < -0.4 is 0 Å². The van der Waals surface area contributed by atoms with Gasteiger partial charge in [0.15, 0.2) is 0 Å². The lowest BCUT2D eigenvalue weighted by molar-refractivity contribution is 1.20. The van der Waals surface area contributed by atoms with Crippen molar-refractivity contribution in [2.24, 2.45) is 0 Å². The van der Waals surface area contributed by atoms with Crippen molar-refractivity contribution in [3.63, 3.8) is 0 Å². The SMILES string of the molecule is CC.Cc1cccc(Br)c1CC#N. The molecule has 0 bridgehead atoms. The first kappa shape index (κ1) is 12.2. The largest absolute Gasteiger partial charge is 0.198 e. The van der Waals surface area contributed by atoms with Gasteiger partial charge in [-0.15, -0.1) is 0 Å². The molecule has 1 aromatic carbocycles. The lowest BCUT2D eigenvalue weighted by Gasteiger charge is -2.02. The second-order valence-corrected chi connectivity index (χ2v) is 3.22. The number of hydrogen-bond acceptors (Lipinski definition) is 1. The molecule has 2 heteroatoms. The molecule has 0 heterocycles. The molecule has 0 saturated carbocycles. The Hall–Kier alpha value is -0.810. The van der Waals surface area contributed by atoms with E-state index in [1.807, 2.05) is 39.0 Å². The molecule has 0 aromatic heterocycles. The molecular formula is C11H14BrN. The number of halogens is 1. The number of benzene rings is 1. The summed E-state index contributed by atoms with van der Waals surface area (Å²) < 4.78 is 1.03. The van der Waals surface area contributed by atoms with Gasteiger partial charge < -0.3 is 0 Å². The fraction of sp³-hybridized carbons (Fsp3) is 0.364. The van der Waals surface area contributed by atoms with Crippen LogP contribution in [-0.2, 0) is 6.42 Å². The molecule has 0 amide bonds. The minimum absolute atomic E-state index is 0.479. The lowest BCUT2D eigenvalue weighted by atomic mass is 10.1. The van der Waals surface area contributed by atoms with E-state index in [-0.39, 0.29) is 0 Å². The van der Waals surface area contributed by atoms with Gasteiger partial charge in [-0.05, 0) is 24.1 Å². The fourth-order valence-corrected chi connectivity index (χ4v) is 1.57. The topological polar surface area (TPSA) is 23.8 Å². The lowest BCUT2D eigenvalue weighted by Crippen LogP contribution is -1.87. The Kier molecular flexibility index (Phi) is 6.26. The van der Waals surface area contributed by atoms with Gasteiger partial charge in [-0.2, -0.15) is 5.26 Å². The molecule has 0 atom stereocenters. The minimum Gasteiger partial charge on any atom is -0.198 e. The van der Waals surface area contributed by atoms with Crippen molar-refractivity contribution < 1.29 is 0 Å². The fourth-order valence-electron chi connectivity index (χ4n) is 0.969. The first-order valence-corrected chi connectivity index (χ1v) is 5.16. The second-order valence-electron chi connectivity index (χ2n) is 2.37. The Morgan fingerprint density at radius 1 is 1.38 bits per heavy atom. The van der Waals surface area contributed by atoms with Crippen molar-refractivity contribution in [2.75, 3.05) is 0 Å². The third-order valence-corrected chi connectivity index (χ3v) is 2.35. The summed E-state index contributed by atoms with van der Waals surface area (Å²) in [5.74, 6) is 0. The van der Waals surface area contributed by atoms with Gasteiger partial charge >= 0.3 is 0 Å². The summed E-state index contributed by atoms with van der Waals surface area (Å²) >= 11 is 3.40. The molecular weight excluding hydrogens is 226 g/mol. The maximum atomic E-state index is 8.50. The summed E-state index contributed by atoms with van der Waals surface area (Å²) in [4.78, 5) is 0. The number of nitriles is 1. The van der Waals surface area contributed by atoms with Crippen LogP contribution in [0, 0.1) is 18.3 Å². The van der Waals surface area contributed by atoms with Crippen molar-refractivity contribution >= 4 is 15.9 Å². The van der Waals surface area contributed by atoms with Crippen LogP contribution in [0.15, 0.2) is 22.7 Å². The third kappa shape index (κ3) is 3.61. The van der Waals surface area contributed by atoms with Crippen LogP contribution in [0.3, 0.4) is 0 Å². The Morgan fingerprint density at radius 2 is 2.00 bits per heavy atom. The van der Waals surface area contributed by atoms with Crippen LogP contribution in [0.4, 0.5) is 0 Å². The van der Waals surface area contributed by atoms with Crippen LogP contribution in [0.2, 0.25) is 0 Å². The standard InChI is InChI=1S/C9H8BrN.C2H6/c1-7-3-2-4-9(10)8(7)5-6-11;1-2/h2-4H,5H2,1H3;1-2H3. The van der Waals surface area contributed by atoms with Gasteiger partial charge in [-0.3, -0.25) is 0 Å². The van der Waals surface area contributed by atoms with Crippen molar-refractivity contribution in [3.05, 3.63) is 33.8 Å². The highest BCUT2D eigenvalue weighted by Gasteiger charge is 2.00. The average Bonchev–Trinajstić information content (AvgIpc) is 2.15. The van der Waals surface area contributed by atoms with E-state index in [1.54, 1.807) is 0 Å². The zero-order valence-electron chi connectivity index (χ0n) is 8.26. The average molecular weight is 240 g/mol. The Balaban J connectivity index is 0.000000671. The van der Waals surface area contributed by atoms with Gasteiger partial charge in [0.1, 0.15) is 0 Å². The van der Waals surface area contributed by atoms with Crippen molar-refractivity contribution in [3.8, 4) is 6.07 Å². The summed E-state index contributed by atoms with van der Waals surface area (Å²) in [5, 5.41) is 8.50. The molecule has 0 radical (unpaired) electrons. The predicted molar refractivity (Wildman–Crippen MR) is 59.5 cm³/mol. The monoisotopic (exact) mass is 239 g/mol. The van der Waals surface area contributed by atoms with Gasteiger partial charge in [-0.25, -0.2) is 0 Å². The molecule has 1 aromatic rings. The zero-order valence-corrected chi connectivity index (χ0v) is 9.85. The molecule has 0 aliphatic heterocycles. The second kappa shape index (κ2) is 6.68. The molecule has 0 aliphatic carbocycles. The summed E-state index contributed by atoms with van der Waals surface area (Å²) in [6.07, 6.45) is 0.479. The summed E-state index contributed by atoms with van der Waals surface area (Å²) in [5.41, 5.74) is 2.26. The maximum absolute atomic E-state index is 8.50. The first-order chi connectivity index (χ1) is 6.25. The Labute approximate surface area is 88.5 Å². The summed E-state index contributed by atoms with van der Waals surface area (Å²) in [7, 11) is 0. The third-order valence-electron chi connectivity index (χ3n) is 1.61. The Bertz CT molecular complexity index is 279. The van der Waals surface area contributed by atoms with Gasteiger partial charge in [0.2, 0.25) is 0 Å². The van der Waals surface area contributed by atoms with Crippen LogP contribution >= 0.6 is 15.9 Å². The van der Waals surface area contributed by atoms with E-state index in [4.69, 9.17) is 5.26 Å². The van der Waals surface area contributed by atoms with Gasteiger partial charge in [0.25, 0.3) is 0 Å². The normalized spacial score (nSPS) is 8.23. The number of hydrogen-bond donors (Lipinski definition) is 0.